The van der Waals surface area contributed by atoms with Crippen molar-refractivity contribution in [3.8, 4) is 0 Å². The van der Waals surface area contributed by atoms with Gasteiger partial charge in [0.25, 0.3) is 0 Å². The van der Waals surface area contributed by atoms with E-state index in [0.717, 1.165) is 22.2 Å². The van der Waals surface area contributed by atoms with Crippen molar-refractivity contribution in [3.63, 3.8) is 0 Å². The minimum atomic E-state index is -0.222. The van der Waals surface area contributed by atoms with Gasteiger partial charge in [-0.2, -0.15) is 0 Å². The number of amides is 1. The topological polar surface area (TPSA) is 76.9 Å². The van der Waals surface area contributed by atoms with Crippen LogP contribution in [0.3, 0.4) is 0 Å². The molecule has 0 saturated heterocycles. The van der Waals surface area contributed by atoms with E-state index in [0.29, 0.717) is 11.3 Å². The maximum Gasteiger partial charge on any atom is 0.246 e. The standard InChI is InChI=1S/C18H18N4O2/c1-11-7-16-17(8-12(11)2)22(21-20-16)10-18(24)19-15-6-4-5-14(9-15)13(3)23/h4-9H,10H2,1-3H3,(H,19,24). The van der Waals surface area contributed by atoms with Crippen LogP contribution in [0.1, 0.15) is 28.4 Å². The Balaban J connectivity index is 1.79. The molecule has 0 saturated carbocycles. The van der Waals surface area contributed by atoms with Crippen LogP contribution < -0.4 is 5.32 Å². The molecule has 0 spiro atoms. The predicted molar refractivity (Wildman–Crippen MR) is 92.1 cm³/mol. The van der Waals surface area contributed by atoms with E-state index < -0.39 is 0 Å². The van der Waals surface area contributed by atoms with Gasteiger partial charge in [0, 0.05) is 11.3 Å². The third kappa shape index (κ3) is 3.17. The van der Waals surface area contributed by atoms with E-state index >= 15 is 0 Å². The summed E-state index contributed by atoms with van der Waals surface area (Å²) in [5.74, 6) is -0.264. The zero-order chi connectivity index (χ0) is 17.3. The Morgan fingerprint density at radius 3 is 2.62 bits per heavy atom. The molecule has 3 rings (SSSR count). The molecule has 1 heterocycles. The first kappa shape index (κ1) is 15.9. The van der Waals surface area contributed by atoms with Gasteiger partial charge in [0.05, 0.1) is 5.52 Å². The molecule has 0 unspecified atom stereocenters. The molecule has 0 bridgehead atoms. The number of aryl methyl sites for hydroxylation is 2. The summed E-state index contributed by atoms with van der Waals surface area (Å²) >= 11 is 0. The minimum Gasteiger partial charge on any atom is -0.324 e. The molecular weight excluding hydrogens is 304 g/mol. The molecular formula is C18H18N4O2. The van der Waals surface area contributed by atoms with Gasteiger partial charge in [0.15, 0.2) is 5.78 Å². The molecule has 1 aromatic heterocycles. The number of aromatic nitrogens is 3. The Labute approximate surface area is 139 Å². The van der Waals surface area contributed by atoms with E-state index in [9.17, 15) is 9.59 Å². The third-order valence-electron chi connectivity index (χ3n) is 3.98. The van der Waals surface area contributed by atoms with Crippen LogP contribution in [0.4, 0.5) is 5.69 Å². The van der Waals surface area contributed by atoms with Crippen LogP contribution in [-0.2, 0) is 11.3 Å². The summed E-state index contributed by atoms with van der Waals surface area (Å²) in [7, 11) is 0. The van der Waals surface area contributed by atoms with Gasteiger partial charge in [-0.3, -0.25) is 9.59 Å². The molecule has 0 radical (unpaired) electrons. The van der Waals surface area contributed by atoms with Gasteiger partial charge in [0.1, 0.15) is 12.1 Å². The van der Waals surface area contributed by atoms with Crippen LogP contribution in [0.25, 0.3) is 11.0 Å². The van der Waals surface area contributed by atoms with Gasteiger partial charge < -0.3 is 5.32 Å². The van der Waals surface area contributed by atoms with Crippen LogP contribution in [0.2, 0.25) is 0 Å². The number of nitrogens with one attached hydrogen (secondary N) is 1. The Morgan fingerprint density at radius 1 is 1.12 bits per heavy atom. The monoisotopic (exact) mass is 322 g/mol. The molecule has 0 atom stereocenters. The molecule has 3 aromatic rings. The molecule has 1 N–H and O–H groups in total. The Bertz CT molecular complexity index is 943. The zero-order valence-electron chi connectivity index (χ0n) is 13.8. The number of nitrogens with zero attached hydrogens (tertiary/aromatic N) is 3. The molecule has 1 amide bonds. The van der Waals surface area contributed by atoms with Crippen molar-refractivity contribution < 1.29 is 9.59 Å². The molecule has 0 fully saturated rings. The number of hydrogen-bond acceptors (Lipinski definition) is 4. The fraction of sp³-hybridized carbons (Fsp3) is 0.222. The largest absolute Gasteiger partial charge is 0.324 e. The summed E-state index contributed by atoms with van der Waals surface area (Å²) in [5.41, 5.74) is 5.00. The summed E-state index contributed by atoms with van der Waals surface area (Å²) < 4.78 is 1.58. The first-order valence-electron chi connectivity index (χ1n) is 7.65. The maximum atomic E-state index is 12.3. The van der Waals surface area contributed by atoms with Gasteiger partial charge in [-0.05, 0) is 56.2 Å². The van der Waals surface area contributed by atoms with Crippen LogP contribution >= 0.6 is 0 Å². The smallest absolute Gasteiger partial charge is 0.246 e. The Morgan fingerprint density at radius 2 is 1.88 bits per heavy atom. The second-order valence-corrected chi connectivity index (χ2v) is 5.86. The highest BCUT2D eigenvalue weighted by Crippen LogP contribution is 2.17. The number of carbonyl (C=O) groups is 2. The van der Waals surface area contributed by atoms with E-state index in [-0.39, 0.29) is 18.2 Å². The van der Waals surface area contributed by atoms with E-state index in [4.69, 9.17) is 0 Å². The van der Waals surface area contributed by atoms with Gasteiger partial charge >= 0.3 is 0 Å². The molecule has 122 valence electrons. The predicted octanol–water partition coefficient (Wildman–Crippen LogP) is 2.89. The maximum absolute atomic E-state index is 12.3. The summed E-state index contributed by atoms with van der Waals surface area (Å²) in [5, 5.41) is 10.9. The lowest BCUT2D eigenvalue weighted by atomic mass is 10.1. The lowest BCUT2D eigenvalue weighted by Crippen LogP contribution is -2.19. The molecule has 0 aliphatic rings. The van der Waals surface area contributed by atoms with Crippen molar-refractivity contribution in [2.45, 2.75) is 27.3 Å². The van der Waals surface area contributed by atoms with E-state index in [1.54, 1.807) is 28.9 Å². The summed E-state index contributed by atoms with van der Waals surface area (Å²) in [6, 6.07) is 10.8. The number of anilines is 1. The lowest BCUT2D eigenvalue weighted by molar-refractivity contribution is -0.116. The van der Waals surface area contributed by atoms with Crippen LogP contribution in [-0.4, -0.2) is 26.7 Å². The molecule has 0 aliphatic heterocycles. The number of Topliss-reactive ketones (excluding diaryl/α,β-unsaturated/α-hetero) is 1. The SMILES string of the molecule is CC(=O)c1cccc(NC(=O)Cn2nnc3cc(C)c(C)cc32)c1. The molecule has 24 heavy (non-hydrogen) atoms. The average molecular weight is 322 g/mol. The minimum absolute atomic E-state index is 0.0424. The number of benzene rings is 2. The Kier molecular flexibility index (Phi) is 4.12. The number of rotatable bonds is 4. The zero-order valence-corrected chi connectivity index (χ0v) is 13.8. The summed E-state index contributed by atoms with van der Waals surface area (Å²) in [6.45, 7) is 5.58. The van der Waals surface area contributed by atoms with E-state index in [1.165, 1.54) is 6.92 Å². The van der Waals surface area contributed by atoms with Crippen LogP contribution in [0.15, 0.2) is 36.4 Å². The van der Waals surface area contributed by atoms with E-state index in [2.05, 4.69) is 15.6 Å². The van der Waals surface area contributed by atoms with Crippen molar-refractivity contribution in [2.75, 3.05) is 5.32 Å². The highest BCUT2D eigenvalue weighted by Gasteiger charge is 2.11. The fourth-order valence-corrected chi connectivity index (χ4v) is 2.49. The number of carbonyl (C=O) groups excluding carboxylic acids is 2. The quantitative estimate of drug-likeness (QED) is 0.749. The van der Waals surface area contributed by atoms with Gasteiger partial charge in [-0.25, -0.2) is 4.68 Å². The summed E-state index contributed by atoms with van der Waals surface area (Å²) in [4.78, 5) is 23.7. The Hall–Kier alpha value is -3.02. The lowest BCUT2D eigenvalue weighted by Gasteiger charge is -2.07. The molecule has 6 nitrogen and oxygen atoms in total. The van der Waals surface area contributed by atoms with Crippen molar-refractivity contribution in [1.82, 2.24) is 15.0 Å². The van der Waals surface area contributed by atoms with Gasteiger partial charge in [-0.15, -0.1) is 5.10 Å². The molecule has 6 heteroatoms. The second-order valence-electron chi connectivity index (χ2n) is 5.86. The average Bonchev–Trinajstić information content (AvgIpc) is 2.90. The third-order valence-corrected chi connectivity index (χ3v) is 3.98. The van der Waals surface area contributed by atoms with Crippen LogP contribution in [0, 0.1) is 13.8 Å². The number of fused-ring (bicyclic) bond motifs is 1. The van der Waals surface area contributed by atoms with Crippen molar-refractivity contribution in [1.29, 1.82) is 0 Å². The van der Waals surface area contributed by atoms with Gasteiger partial charge in [-0.1, -0.05) is 17.3 Å². The fourth-order valence-electron chi connectivity index (χ4n) is 2.49. The molecule has 0 aliphatic carbocycles. The second kappa shape index (κ2) is 6.23. The highest BCUT2D eigenvalue weighted by atomic mass is 16.2. The van der Waals surface area contributed by atoms with Crippen molar-refractivity contribution >= 4 is 28.4 Å². The van der Waals surface area contributed by atoms with E-state index in [1.807, 2.05) is 26.0 Å². The van der Waals surface area contributed by atoms with Crippen molar-refractivity contribution in [2.24, 2.45) is 0 Å². The van der Waals surface area contributed by atoms with Crippen molar-refractivity contribution in [3.05, 3.63) is 53.1 Å². The first-order valence-corrected chi connectivity index (χ1v) is 7.65. The number of ketones is 1. The molecule has 2 aromatic carbocycles. The normalized spacial score (nSPS) is 10.8. The van der Waals surface area contributed by atoms with Gasteiger partial charge in [0.2, 0.25) is 5.91 Å². The highest BCUT2D eigenvalue weighted by molar-refractivity contribution is 5.97. The van der Waals surface area contributed by atoms with Crippen LogP contribution in [0.5, 0.6) is 0 Å². The number of hydrogen-bond donors (Lipinski definition) is 1. The first-order chi connectivity index (χ1) is 11.4. The summed E-state index contributed by atoms with van der Waals surface area (Å²) in [6.07, 6.45) is 0.